The Labute approximate surface area is 64.4 Å². The van der Waals surface area contributed by atoms with E-state index in [9.17, 15) is 0 Å². The Morgan fingerprint density at radius 1 is 1.70 bits per heavy atom. The van der Waals surface area contributed by atoms with Crippen LogP contribution in [0.4, 0.5) is 0 Å². The van der Waals surface area contributed by atoms with Crippen molar-refractivity contribution >= 4 is 11.8 Å². The highest BCUT2D eigenvalue weighted by molar-refractivity contribution is 7.99. The van der Waals surface area contributed by atoms with Crippen molar-refractivity contribution in [3.63, 3.8) is 0 Å². The van der Waals surface area contributed by atoms with Crippen molar-refractivity contribution in [1.29, 1.82) is 0 Å². The zero-order chi connectivity index (χ0) is 6.97. The van der Waals surface area contributed by atoms with Gasteiger partial charge in [0.25, 0.3) is 0 Å². The number of hydrogen-bond donors (Lipinski definition) is 3. The van der Waals surface area contributed by atoms with Gasteiger partial charge < -0.3 is 16.4 Å². The van der Waals surface area contributed by atoms with Gasteiger partial charge in [-0.05, 0) is 0 Å². The van der Waals surface area contributed by atoms with Crippen LogP contribution in [0.3, 0.4) is 0 Å². The highest BCUT2D eigenvalue weighted by Crippen LogP contribution is 2.24. The van der Waals surface area contributed by atoms with Crippen molar-refractivity contribution in [2.45, 2.75) is 6.17 Å². The molecule has 4 heteroatoms. The smallest absolute Gasteiger partial charge is 0.0831 e. The second kappa shape index (κ2) is 2.36. The van der Waals surface area contributed by atoms with Gasteiger partial charge in [-0.25, -0.2) is 0 Å². The van der Waals surface area contributed by atoms with Crippen LogP contribution in [0.5, 0.6) is 0 Å². The number of nitrogens with one attached hydrogen (secondary N) is 2. The first-order valence-corrected chi connectivity index (χ1v) is 4.57. The van der Waals surface area contributed by atoms with E-state index in [0.29, 0.717) is 5.92 Å². The molecule has 2 atom stereocenters. The lowest BCUT2D eigenvalue weighted by Gasteiger charge is -2.24. The second-order valence-corrected chi connectivity index (χ2v) is 3.62. The summed E-state index contributed by atoms with van der Waals surface area (Å²) >= 11 is 1.90. The van der Waals surface area contributed by atoms with E-state index in [-0.39, 0.29) is 6.17 Å². The largest absolute Gasteiger partial charge is 0.378 e. The van der Waals surface area contributed by atoms with E-state index in [4.69, 9.17) is 5.73 Å². The lowest BCUT2D eigenvalue weighted by molar-refractivity contribution is 0.503. The Hall–Kier alpha value is -0.350. The van der Waals surface area contributed by atoms with Gasteiger partial charge in [-0.1, -0.05) is 0 Å². The van der Waals surface area contributed by atoms with Crippen LogP contribution in [0, 0.1) is 5.92 Å². The highest BCUT2D eigenvalue weighted by Gasteiger charge is 2.28. The summed E-state index contributed by atoms with van der Waals surface area (Å²) in [7, 11) is 0. The van der Waals surface area contributed by atoms with E-state index in [1.807, 2.05) is 18.0 Å². The molecule has 0 bridgehead atoms. The van der Waals surface area contributed by atoms with Gasteiger partial charge in [0.1, 0.15) is 0 Å². The van der Waals surface area contributed by atoms with Gasteiger partial charge in [0.05, 0.1) is 12.0 Å². The molecule has 0 aromatic heterocycles. The normalized spacial score (nSPS) is 37.5. The lowest BCUT2D eigenvalue weighted by atomic mass is 10.1. The fraction of sp³-hybridized carbons (Fsp3) is 0.667. The van der Waals surface area contributed by atoms with E-state index in [1.165, 1.54) is 5.70 Å². The number of nitrogens with two attached hydrogens (primary N) is 1. The summed E-state index contributed by atoms with van der Waals surface area (Å²) < 4.78 is 0. The number of hydrogen-bond acceptors (Lipinski definition) is 4. The highest BCUT2D eigenvalue weighted by atomic mass is 32.2. The minimum atomic E-state index is 0.135. The monoisotopic (exact) mass is 157 g/mol. The van der Waals surface area contributed by atoms with Crippen LogP contribution >= 0.6 is 11.8 Å². The average molecular weight is 157 g/mol. The van der Waals surface area contributed by atoms with E-state index in [1.54, 1.807) is 0 Å². The van der Waals surface area contributed by atoms with Gasteiger partial charge in [-0.3, -0.25) is 0 Å². The predicted octanol–water partition coefficient (Wildman–Crippen LogP) is -0.374. The molecule has 2 rings (SSSR count). The molecule has 0 aromatic carbocycles. The van der Waals surface area contributed by atoms with Crippen LogP contribution < -0.4 is 16.4 Å². The molecular formula is C6H11N3S. The standard InChI is InChI=1S/C6H11N3S/c7-6-4-2-10-3-9-5(4)1-8-6/h1,4,6,8-9H,2-3,7H2. The molecule has 2 heterocycles. The topological polar surface area (TPSA) is 50.1 Å². The van der Waals surface area contributed by atoms with Gasteiger partial charge in [0, 0.05) is 23.6 Å². The summed E-state index contributed by atoms with van der Waals surface area (Å²) in [5.74, 6) is 2.68. The molecule has 0 aromatic rings. The quantitative estimate of drug-likeness (QED) is 0.449. The summed E-state index contributed by atoms with van der Waals surface area (Å²) in [5.41, 5.74) is 7.06. The molecule has 2 aliphatic heterocycles. The Bertz CT molecular complexity index is 168. The molecule has 0 saturated carbocycles. The van der Waals surface area contributed by atoms with E-state index in [0.717, 1.165) is 11.6 Å². The van der Waals surface area contributed by atoms with Gasteiger partial charge in [0.15, 0.2) is 0 Å². The van der Waals surface area contributed by atoms with Crippen molar-refractivity contribution in [2.24, 2.45) is 11.7 Å². The summed E-state index contributed by atoms with van der Waals surface area (Å²) in [4.78, 5) is 0. The maximum absolute atomic E-state index is 5.77. The summed E-state index contributed by atoms with van der Waals surface area (Å²) in [6.45, 7) is 0. The van der Waals surface area contributed by atoms with Crippen LogP contribution in [0.2, 0.25) is 0 Å². The third kappa shape index (κ3) is 0.876. The SMILES string of the molecule is NC1NC=C2NCSCC21. The third-order valence-corrected chi connectivity index (χ3v) is 2.88. The van der Waals surface area contributed by atoms with Crippen LogP contribution in [0.1, 0.15) is 0 Å². The van der Waals surface area contributed by atoms with Crippen LogP contribution in [-0.4, -0.2) is 17.8 Å². The van der Waals surface area contributed by atoms with Gasteiger partial charge in [-0.15, -0.1) is 11.8 Å². The van der Waals surface area contributed by atoms with Crippen LogP contribution in [-0.2, 0) is 0 Å². The second-order valence-electron chi connectivity index (χ2n) is 2.59. The van der Waals surface area contributed by atoms with Gasteiger partial charge in [0.2, 0.25) is 0 Å². The van der Waals surface area contributed by atoms with Crippen molar-refractivity contribution in [1.82, 2.24) is 10.6 Å². The van der Waals surface area contributed by atoms with Gasteiger partial charge in [-0.2, -0.15) is 0 Å². The molecule has 10 heavy (non-hydrogen) atoms. The van der Waals surface area contributed by atoms with Crippen LogP contribution in [0.15, 0.2) is 11.9 Å². The Morgan fingerprint density at radius 3 is 3.40 bits per heavy atom. The van der Waals surface area contributed by atoms with Crippen LogP contribution in [0.25, 0.3) is 0 Å². The Morgan fingerprint density at radius 2 is 2.60 bits per heavy atom. The van der Waals surface area contributed by atoms with Crippen molar-refractivity contribution in [3.8, 4) is 0 Å². The third-order valence-electron chi connectivity index (χ3n) is 1.94. The fourth-order valence-electron chi connectivity index (χ4n) is 1.30. The molecule has 0 amide bonds. The first-order valence-electron chi connectivity index (χ1n) is 3.41. The zero-order valence-electron chi connectivity index (χ0n) is 5.63. The van der Waals surface area contributed by atoms with E-state index >= 15 is 0 Å². The average Bonchev–Trinajstić information content (AvgIpc) is 2.34. The first kappa shape index (κ1) is 6.37. The molecule has 0 spiro atoms. The van der Waals surface area contributed by atoms with E-state index in [2.05, 4.69) is 10.6 Å². The van der Waals surface area contributed by atoms with Crippen molar-refractivity contribution in [3.05, 3.63) is 11.9 Å². The van der Waals surface area contributed by atoms with E-state index < -0.39 is 0 Å². The number of thioether (sulfide) groups is 1. The minimum absolute atomic E-state index is 0.135. The lowest BCUT2D eigenvalue weighted by Crippen LogP contribution is -2.41. The van der Waals surface area contributed by atoms with Crippen molar-refractivity contribution < 1.29 is 0 Å². The minimum Gasteiger partial charge on any atom is -0.378 e. The summed E-state index contributed by atoms with van der Waals surface area (Å²) in [5, 5.41) is 6.39. The van der Waals surface area contributed by atoms with Gasteiger partial charge >= 0.3 is 0 Å². The van der Waals surface area contributed by atoms with Crippen molar-refractivity contribution in [2.75, 3.05) is 11.6 Å². The molecular weight excluding hydrogens is 146 g/mol. The molecule has 3 nitrogen and oxygen atoms in total. The zero-order valence-corrected chi connectivity index (χ0v) is 6.45. The Balaban J connectivity index is 2.11. The fourth-order valence-corrected chi connectivity index (χ4v) is 2.33. The molecule has 2 unspecified atom stereocenters. The molecule has 56 valence electrons. The maximum atomic E-state index is 5.77. The summed E-state index contributed by atoms with van der Waals surface area (Å²) in [6.07, 6.45) is 2.13. The first-order chi connectivity index (χ1) is 4.88. The predicted molar refractivity (Wildman–Crippen MR) is 43.1 cm³/mol. The molecule has 0 radical (unpaired) electrons. The maximum Gasteiger partial charge on any atom is 0.0831 e. The molecule has 2 aliphatic rings. The molecule has 0 aliphatic carbocycles. The molecule has 4 N–H and O–H groups in total. The Kier molecular flexibility index (Phi) is 1.50. The number of rotatable bonds is 0. The molecule has 1 fully saturated rings. The number of fused-ring (bicyclic) bond motifs is 1. The molecule has 1 saturated heterocycles. The summed E-state index contributed by atoms with van der Waals surface area (Å²) in [6, 6.07) is 0.